The summed E-state index contributed by atoms with van der Waals surface area (Å²) >= 11 is 0. The van der Waals surface area contributed by atoms with Crippen molar-refractivity contribution in [2.24, 2.45) is 0 Å². The van der Waals surface area contributed by atoms with Crippen LogP contribution < -0.4 is 0 Å². The fourth-order valence-corrected chi connectivity index (χ4v) is 3.84. The van der Waals surface area contributed by atoms with Gasteiger partial charge in [-0.25, -0.2) is 4.57 Å². The first-order valence-corrected chi connectivity index (χ1v) is 7.22. The molecule has 7 heteroatoms. The van der Waals surface area contributed by atoms with Gasteiger partial charge in [0.05, 0.1) is 18.7 Å². The van der Waals surface area contributed by atoms with Crippen LogP contribution in [0.5, 0.6) is 0 Å². The molecule has 1 saturated carbocycles. The van der Waals surface area contributed by atoms with Crippen LogP contribution >= 0.6 is 0 Å². The zero-order valence-electron chi connectivity index (χ0n) is 11.4. The van der Waals surface area contributed by atoms with Crippen LogP contribution in [-0.2, 0) is 6.54 Å². The summed E-state index contributed by atoms with van der Waals surface area (Å²) in [7, 11) is 0. The minimum atomic E-state index is -0.429. The highest BCUT2D eigenvalue weighted by atomic mass is 16.6. The summed E-state index contributed by atoms with van der Waals surface area (Å²) < 4.78 is 1.65. The van der Waals surface area contributed by atoms with Crippen molar-refractivity contribution < 1.29 is 10.0 Å². The third kappa shape index (κ3) is 2.10. The van der Waals surface area contributed by atoms with E-state index in [0.29, 0.717) is 19.1 Å². The number of aliphatic hydroxyl groups excluding tert-OH is 1. The van der Waals surface area contributed by atoms with Crippen molar-refractivity contribution in [3.05, 3.63) is 22.5 Å². The normalized spacial score (nSPS) is 32.5. The second-order valence-electron chi connectivity index (χ2n) is 5.75. The van der Waals surface area contributed by atoms with Crippen LogP contribution in [0.4, 0.5) is 5.95 Å². The predicted octanol–water partition coefficient (Wildman–Crippen LogP) is 1.17. The van der Waals surface area contributed by atoms with Gasteiger partial charge in [0.25, 0.3) is 0 Å². The molecule has 0 spiro atoms. The molecule has 1 aliphatic carbocycles. The zero-order valence-corrected chi connectivity index (χ0v) is 11.4. The Bertz CT molecular complexity index is 498. The van der Waals surface area contributed by atoms with Crippen LogP contribution in [-0.4, -0.2) is 49.2 Å². The second kappa shape index (κ2) is 5.14. The van der Waals surface area contributed by atoms with E-state index in [1.807, 2.05) is 0 Å². The Morgan fingerprint density at radius 3 is 3.10 bits per heavy atom. The molecule has 0 aromatic carbocycles. The Morgan fingerprint density at radius 2 is 2.35 bits per heavy atom. The molecule has 2 aliphatic rings. The van der Waals surface area contributed by atoms with Crippen LogP contribution in [0.1, 0.15) is 32.1 Å². The van der Waals surface area contributed by atoms with Crippen molar-refractivity contribution in [3.8, 4) is 0 Å². The predicted molar refractivity (Wildman–Crippen MR) is 72.3 cm³/mol. The Kier molecular flexibility index (Phi) is 3.47. The van der Waals surface area contributed by atoms with Crippen LogP contribution in [0.2, 0.25) is 0 Å². The maximum Gasteiger partial charge on any atom is 0.434 e. The van der Waals surface area contributed by atoms with Crippen LogP contribution in [0.25, 0.3) is 0 Å². The van der Waals surface area contributed by atoms with E-state index in [9.17, 15) is 15.2 Å². The number of hydrogen-bond donors (Lipinski definition) is 1. The van der Waals surface area contributed by atoms with E-state index in [2.05, 4.69) is 9.88 Å². The number of fused-ring (bicyclic) bond motifs is 1. The fourth-order valence-electron chi connectivity index (χ4n) is 3.84. The highest BCUT2D eigenvalue weighted by molar-refractivity contribution is 5.20. The number of aliphatic hydroxyl groups is 1. The lowest BCUT2D eigenvalue weighted by Crippen LogP contribution is -2.27. The topological polar surface area (TPSA) is 84.2 Å². The zero-order chi connectivity index (χ0) is 14.2. The number of hydrogen-bond acceptors (Lipinski definition) is 5. The van der Waals surface area contributed by atoms with Crippen molar-refractivity contribution in [1.82, 2.24) is 14.5 Å². The van der Waals surface area contributed by atoms with Gasteiger partial charge in [-0.3, -0.25) is 4.90 Å². The molecule has 1 saturated heterocycles. The summed E-state index contributed by atoms with van der Waals surface area (Å²) in [6.07, 6.45) is 8.94. The molecule has 3 rings (SSSR count). The Labute approximate surface area is 117 Å². The van der Waals surface area contributed by atoms with E-state index in [1.54, 1.807) is 10.8 Å². The molecule has 3 atom stereocenters. The molecule has 2 heterocycles. The van der Waals surface area contributed by atoms with Gasteiger partial charge < -0.3 is 15.2 Å². The largest absolute Gasteiger partial charge is 0.434 e. The first kappa shape index (κ1) is 13.5. The number of β-amino-alcohol motifs (C(OH)–C–C–N with tert-alkyl or cyclic N) is 1. The summed E-state index contributed by atoms with van der Waals surface area (Å²) in [5, 5.41) is 20.2. The van der Waals surface area contributed by atoms with Crippen LogP contribution in [0, 0.1) is 10.1 Å². The van der Waals surface area contributed by atoms with Gasteiger partial charge in [-0.05, 0) is 17.8 Å². The molecule has 1 aromatic heterocycles. The van der Waals surface area contributed by atoms with Gasteiger partial charge in [0.1, 0.15) is 12.4 Å². The average molecular weight is 280 g/mol. The molecular weight excluding hydrogens is 260 g/mol. The molecule has 2 fully saturated rings. The Balaban J connectivity index is 1.82. The first-order valence-electron chi connectivity index (χ1n) is 7.22. The summed E-state index contributed by atoms with van der Waals surface area (Å²) in [6, 6.07) is 0.458. The van der Waals surface area contributed by atoms with Gasteiger partial charge in [-0.2, -0.15) is 0 Å². The highest BCUT2D eigenvalue weighted by Gasteiger charge is 2.62. The van der Waals surface area contributed by atoms with Gasteiger partial charge in [-0.1, -0.05) is 24.2 Å². The minimum absolute atomic E-state index is 0.00924. The summed E-state index contributed by atoms with van der Waals surface area (Å²) in [6.45, 7) is 1.41. The number of nitrogens with zero attached hydrogens (tertiary/aromatic N) is 4. The average Bonchev–Trinajstić information content (AvgIpc) is 2.79. The van der Waals surface area contributed by atoms with Gasteiger partial charge in [0, 0.05) is 12.6 Å². The maximum absolute atomic E-state index is 11.0. The third-order valence-corrected chi connectivity index (χ3v) is 4.73. The molecule has 1 aliphatic heterocycles. The molecule has 7 nitrogen and oxygen atoms in total. The van der Waals surface area contributed by atoms with Crippen molar-refractivity contribution in [2.75, 3.05) is 13.2 Å². The van der Waals surface area contributed by atoms with Crippen molar-refractivity contribution >= 4 is 5.95 Å². The molecule has 0 amide bonds. The number of likely N-dealkylation sites (tertiary alicyclic amines) is 1. The monoisotopic (exact) mass is 280 g/mol. The second-order valence-corrected chi connectivity index (χ2v) is 5.75. The van der Waals surface area contributed by atoms with Gasteiger partial charge in [0.15, 0.2) is 0 Å². The number of aromatic nitrogens is 2. The quantitative estimate of drug-likeness (QED) is 0.497. The molecular formula is C13H20N4O3. The third-order valence-electron chi connectivity index (χ3n) is 4.73. The van der Waals surface area contributed by atoms with E-state index in [-0.39, 0.29) is 18.1 Å². The molecule has 1 N–H and O–H groups in total. The number of nitro groups is 1. The number of imidazole rings is 1. The Morgan fingerprint density at radius 1 is 1.50 bits per heavy atom. The number of rotatable bonds is 5. The molecule has 3 unspecified atom stereocenters. The fraction of sp³-hybridized carbons (Fsp3) is 0.769. The molecule has 110 valence electrons. The van der Waals surface area contributed by atoms with Crippen LogP contribution in [0.3, 0.4) is 0 Å². The van der Waals surface area contributed by atoms with Crippen molar-refractivity contribution in [1.29, 1.82) is 0 Å². The van der Waals surface area contributed by atoms with E-state index < -0.39 is 4.92 Å². The maximum atomic E-state index is 11.0. The van der Waals surface area contributed by atoms with E-state index >= 15 is 0 Å². The minimum Gasteiger partial charge on any atom is -0.395 e. The molecule has 20 heavy (non-hydrogen) atoms. The van der Waals surface area contributed by atoms with E-state index in [1.165, 1.54) is 19.0 Å². The van der Waals surface area contributed by atoms with Gasteiger partial charge in [-0.15, -0.1) is 0 Å². The summed E-state index contributed by atoms with van der Waals surface area (Å²) in [5.74, 6) is -0.0850. The standard InChI is InChI=1S/C13H20N4O3/c18-9-8-16-11-4-2-1-3-5-13(11,16)10-15-7-6-14-12(15)17(19)20/h6-7,11,18H,1-5,8-10H2. The molecule has 1 aromatic rings. The molecule has 0 bridgehead atoms. The SMILES string of the molecule is O=[N+]([O-])c1nccn1CC12CCCCCC1N2CCO. The lowest BCUT2D eigenvalue weighted by molar-refractivity contribution is -0.396. The smallest absolute Gasteiger partial charge is 0.395 e. The Hall–Kier alpha value is -1.47. The summed E-state index contributed by atoms with van der Waals surface area (Å²) in [4.78, 5) is 16.7. The van der Waals surface area contributed by atoms with Gasteiger partial charge in [0.2, 0.25) is 0 Å². The highest BCUT2D eigenvalue weighted by Crippen LogP contribution is 2.50. The first-order chi connectivity index (χ1) is 9.69. The lowest BCUT2D eigenvalue weighted by Gasteiger charge is -2.16. The van der Waals surface area contributed by atoms with Crippen LogP contribution in [0.15, 0.2) is 12.4 Å². The lowest BCUT2D eigenvalue weighted by atomic mass is 9.99. The molecule has 0 radical (unpaired) electrons. The van der Waals surface area contributed by atoms with Crippen molar-refractivity contribution in [3.63, 3.8) is 0 Å². The van der Waals surface area contributed by atoms with E-state index in [0.717, 1.165) is 19.3 Å². The van der Waals surface area contributed by atoms with E-state index in [4.69, 9.17) is 0 Å². The summed E-state index contributed by atoms with van der Waals surface area (Å²) in [5.41, 5.74) is -0.00924. The van der Waals surface area contributed by atoms with Crippen molar-refractivity contribution in [2.45, 2.75) is 50.2 Å². The van der Waals surface area contributed by atoms with Gasteiger partial charge >= 0.3 is 5.95 Å².